The van der Waals surface area contributed by atoms with Crippen LogP contribution in [0.3, 0.4) is 0 Å². The maximum atomic E-state index is 11.7. The van der Waals surface area contributed by atoms with Gasteiger partial charge >= 0.3 is 0 Å². The summed E-state index contributed by atoms with van der Waals surface area (Å²) in [5, 5.41) is 11.6. The Kier molecular flexibility index (Phi) is 6.62. The van der Waals surface area contributed by atoms with Crippen molar-refractivity contribution in [3.05, 3.63) is 35.4 Å². The van der Waals surface area contributed by atoms with Crippen LogP contribution in [0.2, 0.25) is 0 Å². The maximum Gasteiger partial charge on any atom is 0.224 e. The zero-order valence-electron chi connectivity index (χ0n) is 11.6. The molecule has 1 amide bonds. The van der Waals surface area contributed by atoms with Gasteiger partial charge in [-0.3, -0.25) is 4.79 Å². The van der Waals surface area contributed by atoms with E-state index in [0.717, 1.165) is 25.2 Å². The molecular formula is C15H21N3O. The molecule has 0 aliphatic carbocycles. The normalized spacial score (nSPS) is 10.2. The molecule has 19 heavy (non-hydrogen) atoms. The molecule has 0 heterocycles. The smallest absolute Gasteiger partial charge is 0.224 e. The van der Waals surface area contributed by atoms with E-state index in [1.165, 1.54) is 0 Å². The van der Waals surface area contributed by atoms with Gasteiger partial charge in [0.1, 0.15) is 0 Å². The third-order valence-corrected chi connectivity index (χ3v) is 3.09. The van der Waals surface area contributed by atoms with Crippen molar-refractivity contribution >= 4 is 5.91 Å². The molecule has 102 valence electrons. The number of hydrogen-bond acceptors (Lipinski definition) is 3. The van der Waals surface area contributed by atoms with E-state index in [1.54, 1.807) is 12.1 Å². The highest BCUT2D eigenvalue weighted by molar-refractivity contribution is 5.78. The fourth-order valence-corrected chi connectivity index (χ4v) is 1.84. The number of carbonyl (C=O) groups is 1. The zero-order chi connectivity index (χ0) is 14.1. The van der Waals surface area contributed by atoms with Crippen molar-refractivity contribution in [1.82, 2.24) is 10.2 Å². The predicted octanol–water partition coefficient (Wildman–Crippen LogP) is 1.56. The van der Waals surface area contributed by atoms with E-state index in [9.17, 15) is 4.79 Å². The van der Waals surface area contributed by atoms with E-state index in [4.69, 9.17) is 5.26 Å². The lowest BCUT2D eigenvalue weighted by Crippen LogP contribution is -2.35. The summed E-state index contributed by atoms with van der Waals surface area (Å²) in [4.78, 5) is 14.0. The number of nitrogens with one attached hydrogen (secondary N) is 1. The van der Waals surface area contributed by atoms with Crippen LogP contribution in [0, 0.1) is 11.3 Å². The molecule has 4 heteroatoms. The number of nitrogens with zero attached hydrogens (tertiary/aromatic N) is 2. The summed E-state index contributed by atoms with van der Waals surface area (Å²) in [6.07, 6.45) is 0.365. The van der Waals surface area contributed by atoms with Gasteiger partial charge in [-0.1, -0.05) is 26.0 Å². The Hall–Kier alpha value is -1.86. The first-order valence-corrected chi connectivity index (χ1v) is 6.67. The summed E-state index contributed by atoms with van der Waals surface area (Å²) in [6, 6.07) is 9.17. The Morgan fingerprint density at radius 1 is 1.26 bits per heavy atom. The van der Waals surface area contributed by atoms with Crippen molar-refractivity contribution < 1.29 is 4.79 Å². The van der Waals surface area contributed by atoms with Gasteiger partial charge in [-0.2, -0.15) is 5.26 Å². The van der Waals surface area contributed by atoms with Gasteiger partial charge in [-0.05, 0) is 30.8 Å². The molecule has 1 aromatic carbocycles. The molecule has 0 saturated carbocycles. The van der Waals surface area contributed by atoms with Crippen molar-refractivity contribution in [2.75, 3.05) is 26.2 Å². The van der Waals surface area contributed by atoms with Crippen LogP contribution in [0.5, 0.6) is 0 Å². The lowest BCUT2D eigenvalue weighted by atomic mass is 10.1. The molecule has 0 atom stereocenters. The Labute approximate surface area is 115 Å². The van der Waals surface area contributed by atoms with Gasteiger partial charge in [0.25, 0.3) is 0 Å². The second kappa shape index (κ2) is 8.28. The van der Waals surface area contributed by atoms with E-state index >= 15 is 0 Å². The van der Waals surface area contributed by atoms with Crippen LogP contribution in [0.4, 0.5) is 0 Å². The minimum atomic E-state index is 0.0249. The Bertz CT molecular complexity index is 430. The lowest BCUT2D eigenvalue weighted by molar-refractivity contribution is -0.120. The Morgan fingerprint density at radius 2 is 1.89 bits per heavy atom. The Morgan fingerprint density at radius 3 is 2.42 bits per heavy atom. The predicted molar refractivity (Wildman–Crippen MR) is 75.7 cm³/mol. The van der Waals surface area contributed by atoms with Crippen molar-refractivity contribution in [2.24, 2.45) is 0 Å². The molecule has 0 unspecified atom stereocenters. The van der Waals surface area contributed by atoms with Crippen molar-refractivity contribution in [1.29, 1.82) is 5.26 Å². The van der Waals surface area contributed by atoms with Crippen LogP contribution >= 0.6 is 0 Å². The van der Waals surface area contributed by atoms with Gasteiger partial charge in [0.15, 0.2) is 0 Å². The molecule has 0 aliphatic rings. The van der Waals surface area contributed by atoms with Crippen LogP contribution in [-0.2, 0) is 11.2 Å². The van der Waals surface area contributed by atoms with Crippen LogP contribution in [0.15, 0.2) is 24.3 Å². The molecule has 1 aromatic rings. The molecule has 0 bridgehead atoms. The van der Waals surface area contributed by atoms with Crippen LogP contribution in [0.1, 0.15) is 25.0 Å². The highest BCUT2D eigenvalue weighted by Gasteiger charge is 2.04. The Balaban J connectivity index is 2.32. The summed E-state index contributed by atoms with van der Waals surface area (Å²) in [7, 11) is 0. The van der Waals surface area contributed by atoms with Gasteiger partial charge in [0, 0.05) is 13.1 Å². The average Bonchev–Trinajstić information content (AvgIpc) is 2.44. The summed E-state index contributed by atoms with van der Waals surface area (Å²) in [6.45, 7) is 7.79. The molecule has 1 rings (SSSR count). The number of likely N-dealkylation sites (N-methyl/N-ethyl adjacent to an activating group) is 1. The highest BCUT2D eigenvalue weighted by atomic mass is 16.1. The summed E-state index contributed by atoms with van der Waals surface area (Å²) in [5.74, 6) is 0.0249. The van der Waals surface area contributed by atoms with E-state index < -0.39 is 0 Å². The molecular weight excluding hydrogens is 238 g/mol. The van der Waals surface area contributed by atoms with Gasteiger partial charge in [0.05, 0.1) is 18.1 Å². The maximum absolute atomic E-state index is 11.7. The first-order chi connectivity index (χ1) is 9.19. The molecule has 0 aliphatic heterocycles. The largest absolute Gasteiger partial charge is 0.355 e. The third kappa shape index (κ3) is 5.54. The molecule has 4 nitrogen and oxygen atoms in total. The molecule has 0 radical (unpaired) electrons. The van der Waals surface area contributed by atoms with Crippen LogP contribution < -0.4 is 5.32 Å². The van der Waals surface area contributed by atoms with Gasteiger partial charge in [0.2, 0.25) is 5.91 Å². The second-order valence-electron chi connectivity index (χ2n) is 4.36. The molecule has 0 saturated heterocycles. The monoisotopic (exact) mass is 259 g/mol. The number of amides is 1. The summed E-state index contributed by atoms with van der Waals surface area (Å²) >= 11 is 0. The highest BCUT2D eigenvalue weighted by Crippen LogP contribution is 2.03. The molecule has 0 fully saturated rings. The molecule has 0 spiro atoms. The van der Waals surface area contributed by atoms with E-state index in [1.807, 2.05) is 12.1 Å². The van der Waals surface area contributed by atoms with Crippen molar-refractivity contribution in [3.8, 4) is 6.07 Å². The minimum absolute atomic E-state index is 0.0249. The van der Waals surface area contributed by atoms with Crippen LogP contribution in [0.25, 0.3) is 0 Å². The van der Waals surface area contributed by atoms with Crippen molar-refractivity contribution in [3.63, 3.8) is 0 Å². The summed E-state index contributed by atoms with van der Waals surface area (Å²) < 4.78 is 0. The molecule has 0 aromatic heterocycles. The number of benzene rings is 1. The fourth-order valence-electron chi connectivity index (χ4n) is 1.84. The first-order valence-electron chi connectivity index (χ1n) is 6.67. The van der Waals surface area contributed by atoms with E-state index in [-0.39, 0.29) is 5.91 Å². The first kappa shape index (κ1) is 15.2. The SMILES string of the molecule is CCN(CC)CCNC(=O)Cc1ccc(C#N)cc1. The third-order valence-electron chi connectivity index (χ3n) is 3.09. The van der Waals surface area contributed by atoms with Gasteiger partial charge in [-0.15, -0.1) is 0 Å². The standard InChI is InChI=1S/C15H21N3O/c1-3-18(4-2)10-9-17-15(19)11-13-5-7-14(12-16)8-6-13/h5-8H,3-4,9-11H2,1-2H3,(H,17,19). The minimum Gasteiger partial charge on any atom is -0.355 e. The topological polar surface area (TPSA) is 56.1 Å². The van der Waals surface area contributed by atoms with Crippen LogP contribution in [-0.4, -0.2) is 37.0 Å². The van der Waals surface area contributed by atoms with Crippen molar-refractivity contribution in [2.45, 2.75) is 20.3 Å². The average molecular weight is 259 g/mol. The number of nitriles is 1. The lowest BCUT2D eigenvalue weighted by Gasteiger charge is -2.17. The quantitative estimate of drug-likeness (QED) is 0.808. The number of rotatable bonds is 7. The zero-order valence-corrected chi connectivity index (χ0v) is 11.6. The van der Waals surface area contributed by atoms with Gasteiger partial charge < -0.3 is 10.2 Å². The second-order valence-corrected chi connectivity index (χ2v) is 4.36. The molecule has 1 N–H and O–H groups in total. The van der Waals surface area contributed by atoms with E-state index in [2.05, 4.69) is 30.1 Å². The number of carbonyl (C=O) groups excluding carboxylic acids is 1. The fraction of sp³-hybridized carbons (Fsp3) is 0.467. The van der Waals surface area contributed by atoms with Gasteiger partial charge in [-0.25, -0.2) is 0 Å². The number of hydrogen-bond donors (Lipinski definition) is 1. The summed E-state index contributed by atoms with van der Waals surface area (Å²) in [5.41, 5.74) is 1.55. The van der Waals surface area contributed by atoms with E-state index in [0.29, 0.717) is 18.5 Å².